The van der Waals surface area contributed by atoms with E-state index in [1.54, 1.807) is 24.3 Å². The van der Waals surface area contributed by atoms with E-state index < -0.39 is 13.0 Å². The van der Waals surface area contributed by atoms with Crippen LogP contribution in [-0.2, 0) is 0 Å². The molecule has 0 spiro atoms. The minimum Gasteiger partial charge on any atom is -0.423 e. The predicted octanol–water partition coefficient (Wildman–Crippen LogP) is 1.89. The van der Waals surface area contributed by atoms with Crippen LogP contribution in [0.5, 0.6) is 0 Å². The minimum absolute atomic E-state index is 0.0666. The zero-order valence-electron chi connectivity index (χ0n) is 9.01. The lowest BCUT2D eigenvalue weighted by atomic mass is 10.3. The number of oxazole rings is 1. The van der Waals surface area contributed by atoms with Crippen molar-refractivity contribution in [2.45, 2.75) is 6.43 Å². The number of aromatic nitrogens is 1. The largest absolute Gasteiger partial charge is 0.423 e. The number of aliphatic hydroxyl groups excluding tert-OH is 1. The quantitative estimate of drug-likeness (QED) is 0.869. The smallest absolute Gasteiger partial charge is 0.298 e. The first-order chi connectivity index (χ1) is 8.20. The summed E-state index contributed by atoms with van der Waals surface area (Å²) >= 11 is 0. The zero-order valence-corrected chi connectivity index (χ0v) is 9.01. The lowest BCUT2D eigenvalue weighted by Crippen LogP contribution is -2.31. The van der Waals surface area contributed by atoms with E-state index in [1.165, 1.54) is 4.90 Å². The second-order valence-corrected chi connectivity index (χ2v) is 3.52. The molecular formula is C11H12F2N2O2. The van der Waals surface area contributed by atoms with Gasteiger partial charge in [0.25, 0.3) is 12.4 Å². The first kappa shape index (κ1) is 11.8. The summed E-state index contributed by atoms with van der Waals surface area (Å²) in [5, 5.41) is 8.83. The number of para-hydroxylation sites is 2. The Hall–Kier alpha value is -1.69. The molecule has 4 nitrogen and oxygen atoms in total. The summed E-state index contributed by atoms with van der Waals surface area (Å²) in [6, 6.07) is 7.13. The number of alkyl halides is 2. The normalized spacial score (nSPS) is 11.3. The number of nitrogens with zero attached hydrogens (tertiary/aromatic N) is 2. The first-order valence-electron chi connectivity index (χ1n) is 5.20. The maximum atomic E-state index is 12.4. The van der Waals surface area contributed by atoms with E-state index in [1.807, 2.05) is 0 Å². The maximum Gasteiger partial charge on any atom is 0.298 e. The number of hydrogen-bond donors (Lipinski definition) is 1. The molecule has 1 heterocycles. The van der Waals surface area contributed by atoms with E-state index in [2.05, 4.69) is 4.98 Å². The van der Waals surface area contributed by atoms with Crippen LogP contribution in [0, 0.1) is 0 Å². The van der Waals surface area contributed by atoms with Gasteiger partial charge in [-0.3, -0.25) is 0 Å². The van der Waals surface area contributed by atoms with Crippen molar-refractivity contribution in [1.82, 2.24) is 4.98 Å². The van der Waals surface area contributed by atoms with Crippen LogP contribution in [0.3, 0.4) is 0 Å². The summed E-state index contributed by atoms with van der Waals surface area (Å²) in [5.74, 6) is 0. The molecule has 2 rings (SSSR count). The van der Waals surface area contributed by atoms with Gasteiger partial charge in [-0.25, -0.2) is 8.78 Å². The van der Waals surface area contributed by atoms with Gasteiger partial charge in [-0.05, 0) is 12.1 Å². The Morgan fingerprint density at radius 2 is 2.12 bits per heavy atom. The molecule has 0 saturated carbocycles. The Bertz CT molecular complexity index is 454. The van der Waals surface area contributed by atoms with Crippen LogP contribution in [0.1, 0.15) is 0 Å². The molecule has 0 saturated heterocycles. The standard InChI is InChI=1S/C11H12F2N2O2/c12-10(13)7-15(5-6-16)11-14-8-3-1-2-4-9(8)17-11/h1-4,10,16H,5-7H2. The van der Waals surface area contributed by atoms with Gasteiger partial charge in [-0.1, -0.05) is 12.1 Å². The van der Waals surface area contributed by atoms with Crippen LogP contribution in [0.25, 0.3) is 11.1 Å². The Morgan fingerprint density at radius 3 is 2.76 bits per heavy atom. The van der Waals surface area contributed by atoms with Crippen molar-refractivity contribution in [2.24, 2.45) is 0 Å². The third-order valence-electron chi connectivity index (χ3n) is 2.28. The zero-order chi connectivity index (χ0) is 12.3. The summed E-state index contributed by atoms with van der Waals surface area (Å²) in [4.78, 5) is 5.33. The summed E-state index contributed by atoms with van der Waals surface area (Å²) in [7, 11) is 0. The highest BCUT2D eigenvalue weighted by Gasteiger charge is 2.17. The molecule has 0 aliphatic rings. The van der Waals surface area contributed by atoms with Crippen LogP contribution < -0.4 is 4.90 Å². The van der Waals surface area contributed by atoms with Gasteiger partial charge >= 0.3 is 0 Å². The van der Waals surface area contributed by atoms with Crippen LogP contribution in [0.4, 0.5) is 14.8 Å². The molecule has 0 bridgehead atoms. The van der Waals surface area contributed by atoms with Gasteiger partial charge in [-0.15, -0.1) is 0 Å². The Balaban J connectivity index is 2.27. The number of halogens is 2. The highest BCUT2D eigenvalue weighted by Crippen LogP contribution is 2.21. The highest BCUT2D eigenvalue weighted by molar-refractivity contribution is 5.74. The number of hydrogen-bond acceptors (Lipinski definition) is 4. The highest BCUT2D eigenvalue weighted by atomic mass is 19.3. The second kappa shape index (κ2) is 5.09. The molecule has 0 radical (unpaired) electrons. The molecule has 0 amide bonds. The van der Waals surface area contributed by atoms with Crippen molar-refractivity contribution in [3.8, 4) is 0 Å². The SMILES string of the molecule is OCCN(CC(F)F)c1nc2ccccc2o1. The van der Waals surface area contributed by atoms with Crippen LogP contribution in [-0.4, -0.2) is 36.2 Å². The molecule has 6 heteroatoms. The fourth-order valence-corrected chi connectivity index (χ4v) is 1.55. The molecule has 0 aliphatic carbocycles. The van der Waals surface area contributed by atoms with Gasteiger partial charge in [0.05, 0.1) is 13.2 Å². The molecule has 1 aromatic carbocycles. The number of fused-ring (bicyclic) bond motifs is 1. The summed E-state index contributed by atoms with van der Waals surface area (Å²) in [5.41, 5.74) is 1.15. The van der Waals surface area contributed by atoms with Gasteiger partial charge < -0.3 is 14.4 Å². The molecule has 0 fully saturated rings. The Labute approximate surface area is 96.5 Å². The average Bonchev–Trinajstić information content (AvgIpc) is 2.71. The minimum atomic E-state index is -2.50. The van der Waals surface area contributed by atoms with E-state index in [0.29, 0.717) is 11.1 Å². The topological polar surface area (TPSA) is 49.5 Å². The monoisotopic (exact) mass is 242 g/mol. The summed E-state index contributed by atoms with van der Waals surface area (Å²) in [6.45, 7) is -0.671. The van der Waals surface area contributed by atoms with Gasteiger partial charge in [0, 0.05) is 6.54 Å². The van der Waals surface area contributed by atoms with E-state index in [0.717, 1.165) is 0 Å². The van der Waals surface area contributed by atoms with Crippen molar-refractivity contribution in [1.29, 1.82) is 0 Å². The van der Waals surface area contributed by atoms with Crippen molar-refractivity contribution in [2.75, 3.05) is 24.6 Å². The van der Waals surface area contributed by atoms with E-state index in [9.17, 15) is 8.78 Å². The molecule has 92 valence electrons. The van der Waals surface area contributed by atoms with Crippen LogP contribution in [0.15, 0.2) is 28.7 Å². The van der Waals surface area contributed by atoms with Crippen LogP contribution in [0.2, 0.25) is 0 Å². The van der Waals surface area contributed by atoms with Crippen molar-refractivity contribution in [3.63, 3.8) is 0 Å². The lowest BCUT2D eigenvalue weighted by Gasteiger charge is -2.18. The van der Waals surface area contributed by atoms with Crippen LogP contribution >= 0.6 is 0 Å². The molecule has 0 atom stereocenters. The van der Waals surface area contributed by atoms with E-state index in [-0.39, 0.29) is 19.2 Å². The number of aliphatic hydroxyl groups is 1. The predicted molar refractivity (Wildman–Crippen MR) is 59.3 cm³/mol. The lowest BCUT2D eigenvalue weighted by molar-refractivity contribution is 0.151. The average molecular weight is 242 g/mol. The molecule has 17 heavy (non-hydrogen) atoms. The third kappa shape index (κ3) is 2.71. The number of anilines is 1. The number of rotatable bonds is 5. The third-order valence-corrected chi connectivity index (χ3v) is 2.28. The molecule has 1 N–H and O–H groups in total. The van der Waals surface area contributed by atoms with Crippen molar-refractivity contribution in [3.05, 3.63) is 24.3 Å². The van der Waals surface area contributed by atoms with Gasteiger partial charge in [0.2, 0.25) is 0 Å². The molecule has 2 aromatic rings. The Morgan fingerprint density at radius 1 is 1.35 bits per heavy atom. The van der Waals surface area contributed by atoms with Gasteiger partial charge in [0.1, 0.15) is 5.52 Å². The van der Waals surface area contributed by atoms with E-state index >= 15 is 0 Å². The molecule has 0 aliphatic heterocycles. The summed E-state index contributed by atoms with van der Waals surface area (Å²) < 4.78 is 30.1. The fraction of sp³-hybridized carbons (Fsp3) is 0.364. The molecule has 1 aromatic heterocycles. The summed E-state index contributed by atoms with van der Waals surface area (Å²) in [6.07, 6.45) is -2.50. The second-order valence-electron chi connectivity index (χ2n) is 3.52. The van der Waals surface area contributed by atoms with Crippen molar-refractivity contribution >= 4 is 17.1 Å². The molecule has 0 unspecified atom stereocenters. The first-order valence-corrected chi connectivity index (χ1v) is 5.20. The Kier molecular flexibility index (Phi) is 3.53. The maximum absolute atomic E-state index is 12.4. The van der Waals surface area contributed by atoms with E-state index in [4.69, 9.17) is 9.52 Å². The van der Waals surface area contributed by atoms with Crippen molar-refractivity contribution < 1.29 is 18.3 Å². The van der Waals surface area contributed by atoms with Gasteiger partial charge in [-0.2, -0.15) is 4.98 Å². The molecular weight excluding hydrogens is 230 g/mol. The number of benzene rings is 1. The van der Waals surface area contributed by atoms with Gasteiger partial charge in [0.15, 0.2) is 5.58 Å². The fourth-order valence-electron chi connectivity index (χ4n) is 1.55.